The molecule has 0 amide bonds. The number of hydrogen-bond donors (Lipinski definition) is 2. The SMILES string of the molecule is CNc1ccc([N+](=O)[O-])c(NCC2(OC)CCC2)n1. The first-order valence-electron chi connectivity index (χ1n) is 6.22. The predicted octanol–water partition coefficient (Wildman–Crippen LogP) is 2.01. The van der Waals surface area contributed by atoms with Crippen LogP contribution in [0.1, 0.15) is 19.3 Å². The van der Waals surface area contributed by atoms with Crippen molar-refractivity contribution in [2.75, 3.05) is 31.3 Å². The average molecular weight is 266 g/mol. The molecule has 7 heteroatoms. The van der Waals surface area contributed by atoms with E-state index in [9.17, 15) is 10.1 Å². The molecule has 0 aliphatic heterocycles. The molecule has 1 aromatic rings. The van der Waals surface area contributed by atoms with Gasteiger partial charge in [-0.05, 0) is 25.3 Å². The van der Waals surface area contributed by atoms with Crippen molar-refractivity contribution in [3.05, 3.63) is 22.2 Å². The van der Waals surface area contributed by atoms with Crippen molar-refractivity contribution in [1.29, 1.82) is 0 Å². The van der Waals surface area contributed by atoms with Crippen molar-refractivity contribution in [1.82, 2.24) is 4.98 Å². The highest BCUT2D eigenvalue weighted by Gasteiger charge is 2.37. The molecule has 1 saturated carbocycles. The van der Waals surface area contributed by atoms with E-state index in [4.69, 9.17) is 4.74 Å². The summed E-state index contributed by atoms with van der Waals surface area (Å²) >= 11 is 0. The zero-order valence-corrected chi connectivity index (χ0v) is 11.1. The van der Waals surface area contributed by atoms with E-state index in [1.807, 2.05) is 0 Å². The number of nitrogens with zero attached hydrogens (tertiary/aromatic N) is 2. The second kappa shape index (κ2) is 5.40. The molecule has 1 aromatic heterocycles. The first-order valence-corrected chi connectivity index (χ1v) is 6.22. The molecule has 0 atom stereocenters. The Kier molecular flexibility index (Phi) is 3.84. The van der Waals surface area contributed by atoms with E-state index in [0.29, 0.717) is 12.4 Å². The van der Waals surface area contributed by atoms with E-state index >= 15 is 0 Å². The molecule has 0 aromatic carbocycles. The fourth-order valence-electron chi connectivity index (χ4n) is 2.14. The molecule has 7 nitrogen and oxygen atoms in total. The van der Waals surface area contributed by atoms with E-state index in [0.717, 1.165) is 19.3 Å². The number of aromatic nitrogens is 1. The van der Waals surface area contributed by atoms with E-state index in [2.05, 4.69) is 15.6 Å². The van der Waals surface area contributed by atoms with Gasteiger partial charge in [0, 0.05) is 26.8 Å². The van der Waals surface area contributed by atoms with E-state index in [-0.39, 0.29) is 17.1 Å². The molecule has 19 heavy (non-hydrogen) atoms. The molecule has 1 aliphatic carbocycles. The van der Waals surface area contributed by atoms with Crippen LogP contribution in [0.4, 0.5) is 17.3 Å². The molecule has 0 bridgehead atoms. The predicted molar refractivity (Wildman–Crippen MR) is 72.5 cm³/mol. The van der Waals surface area contributed by atoms with Crippen molar-refractivity contribution < 1.29 is 9.66 Å². The second-order valence-electron chi connectivity index (χ2n) is 4.67. The maximum absolute atomic E-state index is 11.0. The van der Waals surface area contributed by atoms with Gasteiger partial charge in [0.2, 0.25) is 5.82 Å². The maximum Gasteiger partial charge on any atom is 0.311 e. The molecule has 1 aliphatic rings. The van der Waals surface area contributed by atoms with Crippen molar-refractivity contribution >= 4 is 17.3 Å². The molecule has 0 spiro atoms. The number of rotatable bonds is 6. The van der Waals surface area contributed by atoms with Crippen molar-refractivity contribution in [3.8, 4) is 0 Å². The quantitative estimate of drug-likeness (QED) is 0.604. The van der Waals surface area contributed by atoms with Gasteiger partial charge in [0.1, 0.15) is 5.82 Å². The van der Waals surface area contributed by atoms with Gasteiger partial charge < -0.3 is 15.4 Å². The maximum atomic E-state index is 11.0. The Morgan fingerprint density at radius 1 is 1.53 bits per heavy atom. The van der Waals surface area contributed by atoms with Crippen molar-refractivity contribution in [3.63, 3.8) is 0 Å². The Morgan fingerprint density at radius 3 is 2.74 bits per heavy atom. The third kappa shape index (κ3) is 2.76. The first-order chi connectivity index (χ1) is 9.10. The summed E-state index contributed by atoms with van der Waals surface area (Å²) < 4.78 is 5.48. The van der Waals surface area contributed by atoms with Gasteiger partial charge >= 0.3 is 5.69 Å². The number of ether oxygens (including phenoxy) is 1. The molecule has 0 radical (unpaired) electrons. The normalized spacial score (nSPS) is 16.5. The highest BCUT2D eigenvalue weighted by atomic mass is 16.6. The molecule has 2 rings (SSSR count). The van der Waals surface area contributed by atoms with Gasteiger partial charge in [0.25, 0.3) is 0 Å². The minimum absolute atomic E-state index is 0.0235. The zero-order valence-electron chi connectivity index (χ0n) is 11.1. The van der Waals surface area contributed by atoms with Crippen LogP contribution in [0.25, 0.3) is 0 Å². The summed E-state index contributed by atoms with van der Waals surface area (Å²) in [5, 5.41) is 16.9. The van der Waals surface area contributed by atoms with Crippen LogP contribution in [0, 0.1) is 10.1 Å². The lowest BCUT2D eigenvalue weighted by atomic mass is 9.80. The van der Waals surface area contributed by atoms with Crippen LogP contribution in [-0.2, 0) is 4.74 Å². The summed E-state index contributed by atoms with van der Waals surface area (Å²) in [6.07, 6.45) is 3.06. The second-order valence-corrected chi connectivity index (χ2v) is 4.67. The number of methoxy groups -OCH3 is 1. The number of nitro groups is 1. The minimum atomic E-state index is -0.435. The smallest absolute Gasteiger partial charge is 0.311 e. The Bertz CT molecular complexity index is 469. The van der Waals surface area contributed by atoms with E-state index in [1.54, 1.807) is 20.2 Å². The fourth-order valence-corrected chi connectivity index (χ4v) is 2.14. The molecular formula is C12H18N4O3. The Morgan fingerprint density at radius 2 is 2.26 bits per heavy atom. The summed E-state index contributed by atoms with van der Waals surface area (Å²) in [4.78, 5) is 14.7. The van der Waals surface area contributed by atoms with Crippen LogP contribution in [0.3, 0.4) is 0 Å². The van der Waals surface area contributed by atoms with Crippen molar-refractivity contribution in [2.24, 2.45) is 0 Å². The largest absolute Gasteiger partial charge is 0.376 e. The zero-order chi connectivity index (χ0) is 13.9. The summed E-state index contributed by atoms with van der Waals surface area (Å²) in [7, 11) is 3.40. The van der Waals surface area contributed by atoms with Gasteiger partial charge in [0.15, 0.2) is 0 Å². The van der Waals surface area contributed by atoms with Crippen LogP contribution in [0.2, 0.25) is 0 Å². The van der Waals surface area contributed by atoms with Crippen LogP contribution in [0.15, 0.2) is 12.1 Å². The molecule has 2 N–H and O–H groups in total. The standard InChI is InChI=1S/C12H18N4O3/c1-13-10-5-4-9(16(17)18)11(15-10)14-8-12(19-2)6-3-7-12/h4-5H,3,6-8H2,1-2H3,(H2,13,14,15). The topological polar surface area (TPSA) is 89.3 Å². The van der Waals surface area contributed by atoms with Gasteiger partial charge in [0.05, 0.1) is 10.5 Å². The molecule has 104 valence electrons. The lowest BCUT2D eigenvalue weighted by Gasteiger charge is -2.40. The summed E-state index contributed by atoms with van der Waals surface area (Å²) in [5.41, 5.74) is -0.227. The van der Waals surface area contributed by atoms with Gasteiger partial charge in [-0.3, -0.25) is 10.1 Å². The molecule has 1 heterocycles. The highest BCUT2D eigenvalue weighted by Crippen LogP contribution is 2.35. The van der Waals surface area contributed by atoms with Gasteiger partial charge in [-0.2, -0.15) is 0 Å². The van der Waals surface area contributed by atoms with Gasteiger partial charge in [-0.25, -0.2) is 4.98 Å². The van der Waals surface area contributed by atoms with Crippen LogP contribution >= 0.6 is 0 Å². The highest BCUT2D eigenvalue weighted by molar-refractivity contribution is 5.60. The Hall–Kier alpha value is -1.89. The fraction of sp³-hybridized carbons (Fsp3) is 0.583. The lowest BCUT2D eigenvalue weighted by molar-refractivity contribution is -0.384. The number of nitrogens with one attached hydrogen (secondary N) is 2. The summed E-state index contributed by atoms with van der Waals surface area (Å²) in [6, 6.07) is 3.03. The lowest BCUT2D eigenvalue weighted by Crippen LogP contribution is -2.45. The summed E-state index contributed by atoms with van der Waals surface area (Å²) in [5.74, 6) is 0.869. The number of pyridine rings is 1. The Labute approximate surface area is 111 Å². The first kappa shape index (κ1) is 13.5. The third-order valence-electron chi connectivity index (χ3n) is 3.60. The third-order valence-corrected chi connectivity index (χ3v) is 3.60. The molecule has 1 fully saturated rings. The van der Waals surface area contributed by atoms with Crippen LogP contribution in [0.5, 0.6) is 0 Å². The number of hydrogen-bond acceptors (Lipinski definition) is 6. The monoisotopic (exact) mass is 266 g/mol. The Balaban J connectivity index is 2.15. The number of anilines is 2. The minimum Gasteiger partial charge on any atom is -0.376 e. The summed E-state index contributed by atoms with van der Waals surface area (Å²) in [6.45, 7) is 0.532. The molecule has 0 unspecified atom stereocenters. The average Bonchev–Trinajstić information content (AvgIpc) is 2.37. The van der Waals surface area contributed by atoms with Crippen molar-refractivity contribution in [2.45, 2.75) is 24.9 Å². The van der Waals surface area contributed by atoms with Gasteiger partial charge in [-0.1, -0.05) is 0 Å². The molecule has 0 saturated heterocycles. The molecular weight excluding hydrogens is 248 g/mol. The van der Waals surface area contributed by atoms with Gasteiger partial charge in [-0.15, -0.1) is 0 Å². The van der Waals surface area contributed by atoms with Crippen LogP contribution < -0.4 is 10.6 Å². The van der Waals surface area contributed by atoms with E-state index in [1.165, 1.54) is 6.07 Å². The van der Waals surface area contributed by atoms with E-state index < -0.39 is 4.92 Å². The van der Waals surface area contributed by atoms with Crippen LogP contribution in [-0.4, -0.2) is 36.2 Å².